The van der Waals surface area contributed by atoms with Crippen molar-refractivity contribution in [1.82, 2.24) is 10.3 Å². The predicted molar refractivity (Wildman–Crippen MR) is 70.0 cm³/mol. The summed E-state index contributed by atoms with van der Waals surface area (Å²) in [6.45, 7) is 2.47. The van der Waals surface area contributed by atoms with Gasteiger partial charge in [-0.25, -0.2) is 0 Å². The lowest BCUT2D eigenvalue weighted by atomic mass is 10.1. The van der Waals surface area contributed by atoms with Crippen LogP contribution in [0.25, 0.3) is 11.1 Å². The Morgan fingerprint density at radius 3 is 2.82 bits per heavy atom. The average Bonchev–Trinajstić information content (AvgIpc) is 2.73. The smallest absolute Gasteiger partial charge is 0.254 e. The fraction of sp³-hybridized carbons (Fsp3) is 0.167. The lowest BCUT2D eigenvalue weighted by Gasteiger charge is -2.05. The van der Waals surface area contributed by atoms with Crippen molar-refractivity contribution < 1.29 is 4.79 Å². The summed E-state index contributed by atoms with van der Waals surface area (Å²) >= 11 is 1.38. The molecule has 0 fully saturated rings. The third kappa shape index (κ3) is 2.29. The Balaban J connectivity index is 2.46. The fourth-order valence-electron chi connectivity index (χ4n) is 1.60. The summed E-state index contributed by atoms with van der Waals surface area (Å²) in [6, 6.07) is 3.73. The average molecular weight is 247 g/mol. The Morgan fingerprint density at radius 2 is 2.18 bits per heavy atom. The van der Waals surface area contributed by atoms with Gasteiger partial charge >= 0.3 is 0 Å². The first-order chi connectivity index (χ1) is 8.24. The summed E-state index contributed by atoms with van der Waals surface area (Å²) in [5, 5.41) is 5.21. The number of hydrogen-bond donors (Lipinski definition) is 2. The minimum absolute atomic E-state index is 0.127. The summed E-state index contributed by atoms with van der Waals surface area (Å²) in [6.07, 6.45) is 3.40. The summed E-state index contributed by atoms with van der Waals surface area (Å²) in [5.74, 6) is -0.127. The lowest BCUT2D eigenvalue weighted by Crippen LogP contribution is -2.23. The van der Waals surface area contributed by atoms with Gasteiger partial charge in [0.1, 0.15) is 0 Å². The molecular formula is C12H13N3OS. The largest absolute Gasteiger partial charge is 0.390 e. The van der Waals surface area contributed by atoms with Gasteiger partial charge in [0.25, 0.3) is 5.91 Å². The molecule has 0 atom stereocenters. The van der Waals surface area contributed by atoms with Crippen molar-refractivity contribution in [2.75, 3.05) is 12.3 Å². The molecule has 2 aromatic rings. The van der Waals surface area contributed by atoms with Gasteiger partial charge in [-0.15, -0.1) is 11.3 Å². The van der Waals surface area contributed by atoms with Gasteiger partial charge in [-0.1, -0.05) is 0 Å². The van der Waals surface area contributed by atoms with E-state index < -0.39 is 0 Å². The van der Waals surface area contributed by atoms with Crippen molar-refractivity contribution in [2.45, 2.75) is 6.92 Å². The molecule has 0 bridgehead atoms. The zero-order valence-corrected chi connectivity index (χ0v) is 10.3. The van der Waals surface area contributed by atoms with Crippen LogP contribution in [0.3, 0.4) is 0 Å². The van der Waals surface area contributed by atoms with E-state index in [-0.39, 0.29) is 5.91 Å². The Kier molecular flexibility index (Phi) is 3.39. The van der Waals surface area contributed by atoms with Crippen LogP contribution in [0.15, 0.2) is 29.9 Å². The van der Waals surface area contributed by atoms with Crippen LogP contribution in [0, 0.1) is 0 Å². The molecule has 0 saturated heterocycles. The lowest BCUT2D eigenvalue weighted by molar-refractivity contribution is 0.0957. The minimum Gasteiger partial charge on any atom is -0.390 e. The molecule has 17 heavy (non-hydrogen) atoms. The molecule has 2 aromatic heterocycles. The first-order valence-corrected chi connectivity index (χ1v) is 6.17. The summed E-state index contributed by atoms with van der Waals surface area (Å²) < 4.78 is 0. The number of nitrogens with zero attached hydrogens (tertiary/aromatic N) is 1. The topological polar surface area (TPSA) is 68.0 Å². The van der Waals surface area contributed by atoms with Gasteiger partial charge in [0, 0.05) is 29.9 Å². The summed E-state index contributed by atoms with van der Waals surface area (Å²) in [4.78, 5) is 15.9. The molecule has 0 aliphatic carbocycles. The fourth-order valence-corrected chi connectivity index (χ4v) is 2.42. The Labute approximate surface area is 103 Å². The molecule has 0 aliphatic heterocycles. The molecule has 2 heterocycles. The van der Waals surface area contributed by atoms with Crippen LogP contribution in [0.5, 0.6) is 0 Å². The molecule has 0 aliphatic rings. The molecule has 3 N–H and O–H groups in total. The second-order valence-electron chi connectivity index (χ2n) is 3.48. The molecule has 0 aromatic carbocycles. The molecule has 0 unspecified atom stereocenters. The van der Waals surface area contributed by atoms with Gasteiger partial charge in [0.2, 0.25) is 0 Å². The molecule has 0 saturated carbocycles. The standard InChI is InChI=1S/C12H13N3OS/c1-2-15-12(16)10-9(7-17-11(10)13)8-3-5-14-6-4-8/h3-7H,2,13H2,1H3,(H,15,16). The maximum Gasteiger partial charge on any atom is 0.254 e. The van der Waals surface area contributed by atoms with Crippen LogP contribution in [-0.4, -0.2) is 17.4 Å². The van der Waals surface area contributed by atoms with E-state index in [2.05, 4.69) is 10.3 Å². The van der Waals surface area contributed by atoms with Crippen molar-refractivity contribution in [2.24, 2.45) is 0 Å². The highest BCUT2D eigenvalue weighted by Gasteiger charge is 2.17. The number of rotatable bonds is 3. The number of carbonyl (C=O) groups excluding carboxylic acids is 1. The van der Waals surface area contributed by atoms with Crippen molar-refractivity contribution in [3.05, 3.63) is 35.5 Å². The Hall–Kier alpha value is -1.88. The van der Waals surface area contributed by atoms with Gasteiger partial charge in [-0.05, 0) is 24.6 Å². The summed E-state index contributed by atoms with van der Waals surface area (Å²) in [5.41, 5.74) is 8.23. The number of anilines is 1. The zero-order valence-electron chi connectivity index (χ0n) is 9.43. The van der Waals surface area contributed by atoms with Crippen LogP contribution < -0.4 is 11.1 Å². The Morgan fingerprint density at radius 1 is 1.47 bits per heavy atom. The number of aromatic nitrogens is 1. The first-order valence-electron chi connectivity index (χ1n) is 5.29. The molecule has 5 heteroatoms. The Bertz CT molecular complexity index is 522. The molecule has 1 amide bonds. The monoisotopic (exact) mass is 247 g/mol. The van der Waals surface area contributed by atoms with E-state index in [1.54, 1.807) is 12.4 Å². The van der Waals surface area contributed by atoms with Crippen LogP contribution >= 0.6 is 11.3 Å². The maximum atomic E-state index is 11.9. The third-order valence-corrected chi connectivity index (χ3v) is 3.19. The molecule has 88 valence electrons. The number of pyridine rings is 1. The number of thiophene rings is 1. The number of carbonyl (C=O) groups is 1. The summed E-state index contributed by atoms with van der Waals surface area (Å²) in [7, 11) is 0. The van der Waals surface area contributed by atoms with Crippen molar-refractivity contribution >= 4 is 22.2 Å². The van der Waals surface area contributed by atoms with Crippen molar-refractivity contribution in [3.63, 3.8) is 0 Å². The zero-order chi connectivity index (χ0) is 12.3. The van der Waals surface area contributed by atoms with Crippen LogP contribution in [0.2, 0.25) is 0 Å². The minimum atomic E-state index is -0.127. The number of nitrogens with two attached hydrogens (primary N) is 1. The quantitative estimate of drug-likeness (QED) is 0.873. The predicted octanol–water partition coefficient (Wildman–Crippen LogP) is 2.14. The van der Waals surface area contributed by atoms with Gasteiger partial charge in [0.15, 0.2) is 0 Å². The van der Waals surface area contributed by atoms with Gasteiger partial charge in [0.05, 0.1) is 10.6 Å². The third-order valence-electron chi connectivity index (χ3n) is 2.38. The van der Waals surface area contributed by atoms with E-state index in [1.807, 2.05) is 24.4 Å². The van der Waals surface area contributed by atoms with E-state index in [4.69, 9.17) is 5.73 Å². The van der Waals surface area contributed by atoms with Gasteiger partial charge in [-0.2, -0.15) is 0 Å². The number of hydrogen-bond acceptors (Lipinski definition) is 4. The van der Waals surface area contributed by atoms with Crippen molar-refractivity contribution in [3.8, 4) is 11.1 Å². The van der Waals surface area contributed by atoms with Gasteiger partial charge < -0.3 is 11.1 Å². The van der Waals surface area contributed by atoms with Crippen LogP contribution in [0.4, 0.5) is 5.00 Å². The van der Waals surface area contributed by atoms with Gasteiger partial charge in [-0.3, -0.25) is 9.78 Å². The van der Waals surface area contributed by atoms with E-state index in [0.29, 0.717) is 17.1 Å². The number of nitrogen functional groups attached to an aromatic ring is 1. The van der Waals surface area contributed by atoms with E-state index in [9.17, 15) is 4.79 Å². The second kappa shape index (κ2) is 4.97. The van der Waals surface area contributed by atoms with E-state index in [0.717, 1.165) is 11.1 Å². The van der Waals surface area contributed by atoms with E-state index >= 15 is 0 Å². The highest BCUT2D eigenvalue weighted by atomic mass is 32.1. The molecule has 0 spiro atoms. The highest BCUT2D eigenvalue weighted by molar-refractivity contribution is 7.15. The van der Waals surface area contributed by atoms with Crippen LogP contribution in [-0.2, 0) is 0 Å². The number of nitrogens with one attached hydrogen (secondary N) is 1. The molecule has 0 radical (unpaired) electrons. The van der Waals surface area contributed by atoms with Crippen molar-refractivity contribution in [1.29, 1.82) is 0 Å². The van der Waals surface area contributed by atoms with E-state index in [1.165, 1.54) is 11.3 Å². The molecular weight excluding hydrogens is 234 g/mol. The number of amides is 1. The molecule has 4 nitrogen and oxygen atoms in total. The highest BCUT2D eigenvalue weighted by Crippen LogP contribution is 2.33. The normalized spacial score (nSPS) is 10.2. The molecule has 2 rings (SSSR count). The van der Waals surface area contributed by atoms with Crippen LogP contribution in [0.1, 0.15) is 17.3 Å². The maximum absolute atomic E-state index is 11.9. The SMILES string of the molecule is CCNC(=O)c1c(-c2ccncc2)csc1N. The second-order valence-corrected chi connectivity index (χ2v) is 4.40. The first kappa shape index (κ1) is 11.6.